The number of anilines is 2. The lowest BCUT2D eigenvalue weighted by Gasteiger charge is -2.21. The fourth-order valence-electron chi connectivity index (χ4n) is 2.26. The molecule has 0 aliphatic rings. The molecule has 1 heterocycles. The molecule has 0 spiro atoms. The molecule has 0 fully saturated rings. The van der Waals surface area contributed by atoms with Crippen molar-refractivity contribution in [2.45, 2.75) is 25.8 Å². The molecule has 20 heavy (non-hydrogen) atoms. The van der Waals surface area contributed by atoms with E-state index in [-0.39, 0.29) is 0 Å². The van der Waals surface area contributed by atoms with E-state index in [0.29, 0.717) is 6.04 Å². The molecule has 2 rings (SSSR count). The van der Waals surface area contributed by atoms with Gasteiger partial charge in [-0.25, -0.2) is 4.98 Å². The Morgan fingerprint density at radius 1 is 1.15 bits per heavy atom. The summed E-state index contributed by atoms with van der Waals surface area (Å²) >= 11 is 0. The molecule has 1 aromatic carbocycles. The van der Waals surface area contributed by atoms with E-state index in [9.17, 15) is 0 Å². The average molecular weight is 269 g/mol. The van der Waals surface area contributed by atoms with E-state index in [2.05, 4.69) is 60.5 Å². The summed E-state index contributed by atoms with van der Waals surface area (Å²) in [5.41, 5.74) is 2.54. The van der Waals surface area contributed by atoms with Gasteiger partial charge in [0.1, 0.15) is 5.82 Å². The van der Waals surface area contributed by atoms with Crippen LogP contribution in [0.2, 0.25) is 0 Å². The van der Waals surface area contributed by atoms with Gasteiger partial charge in [-0.15, -0.1) is 0 Å². The zero-order valence-electron chi connectivity index (χ0n) is 12.5. The first-order chi connectivity index (χ1) is 9.70. The van der Waals surface area contributed by atoms with E-state index in [1.54, 1.807) is 0 Å². The smallest absolute Gasteiger partial charge is 0.126 e. The van der Waals surface area contributed by atoms with Gasteiger partial charge in [0, 0.05) is 26.0 Å². The molecule has 0 bridgehead atoms. The normalized spacial score (nSPS) is 11.9. The monoisotopic (exact) mass is 269 g/mol. The predicted molar refractivity (Wildman–Crippen MR) is 86.3 cm³/mol. The Morgan fingerprint density at radius 3 is 2.65 bits per heavy atom. The number of rotatable bonds is 6. The van der Waals surface area contributed by atoms with Gasteiger partial charge < -0.3 is 10.2 Å². The van der Waals surface area contributed by atoms with E-state index in [1.807, 2.05) is 24.4 Å². The van der Waals surface area contributed by atoms with Gasteiger partial charge in [0.25, 0.3) is 0 Å². The van der Waals surface area contributed by atoms with Crippen LogP contribution in [0.5, 0.6) is 0 Å². The molecular formula is C17H23N3. The van der Waals surface area contributed by atoms with Gasteiger partial charge in [0.15, 0.2) is 0 Å². The van der Waals surface area contributed by atoms with E-state index in [4.69, 9.17) is 0 Å². The van der Waals surface area contributed by atoms with Crippen molar-refractivity contribution >= 4 is 11.5 Å². The van der Waals surface area contributed by atoms with Crippen LogP contribution in [0.15, 0.2) is 48.7 Å². The number of hydrogen-bond donors (Lipinski definition) is 1. The largest absolute Gasteiger partial charge is 0.378 e. The maximum Gasteiger partial charge on any atom is 0.126 e. The minimum Gasteiger partial charge on any atom is -0.378 e. The first-order valence-electron chi connectivity index (χ1n) is 7.15. The number of hydrogen-bond acceptors (Lipinski definition) is 3. The second-order valence-electron chi connectivity index (χ2n) is 5.19. The van der Waals surface area contributed by atoms with Gasteiger partial charge in [-0.2, -0.15) is 0 Å². The van der Waals surface area contributed by atoms with Crippen molar-refractivity contribution in [1.82, 2.24) is 4.98 Å². The average Bonchev–Trinajstić information content (AvgIpc) is 2.48. The van der Waals surface area contributed by atoms with Crippen LogP contribution in [0.4, 0.5) is 11.5 Å². The van der Waals surface area contributed by atoms with Gasteiger partial charge in [-0.1, -0.05) is 31.5 Å². The molecule has 1 N–H and O–H groups in total. The van der Waals surface area contributed by atoms with Crippen LogP contribution in [-0.2, 0) is 0 Å². The maximum absolute atomic E-state index is 4.36. The molecule has 0 saturated heterocycles. The summed E-state index contributed by atoms with van der Waals surface area (Å²) in [6.07, 6.45) is 4.05. The van der Waals surface area contributed by atoms with E-state index in [1.165, 1.54) is 11.3 Å². The summed E-state index contributed by atoms with van der Waals surface area (Å²) in [6, 6.07) is 14.9. The number of pyridine rings is 1. The topological polar surface area (TPSA) is 28.2 Å². The van der Waals surface area contributed by atoms with Crippen LogP contribution >= 0.6 is 0 Å². The second-order valence-corrected chi connectivity index (χ2v) is 5.19. The lowest BCUT2D eigenvalue weighted by molar-refractivity contribution is 0.674. The molecule has 0 unspecified atom stereocenters. The zero-order valence-corrected chi connectivity index (χ0v) is 12.5. The highest BCUT2D eigenvalue weighted by Crippen LogP contribution is 2.25. The number of aromatic nitrogens is 1. The Bertz CT molecular complexity index is 523. The van der Waals surface area contributed by atoms with Crippen molar-refractivity contribution in [2.75, 3.05) is 24.3 Å². The van der Waals surface area contributed by atoms with Crippen LogP contribution in [-0.4, -0.2) is 19.1 Å². The minimum atomic E-state index is 0.301. The Morgan fingerprint density at radius 2 is 2.00 bits per heavy atom. The summed E-state index contributed by atoms with van der Waals surface area (Å²) < 4.78 is 0. The van der Waals surface area contributed by atoms with Crippen molar-refractivity contribution in [3.63, 3.8) is 0 Å². The quantitative estimate of drug-likeness (QED) is 0.855. The van der Waals surface area contributed by atoms with Crippen LogP contribution in [0.3, 0.4) is 0 Å². The first-order valence-corrected chi connectivity index (χ1v) is 7.15. The molecule has 1 atom stereocenters. The standard InChI is InChI=1S/C17H23N3/c1-4-8-16(19-17-11-5-6-12-18-17)14-9-7-10-15(13-14)20(2)3/h5-7,9-13,16H,4,8H2,1-3H3,(H,18,19)/t16-/m0/s1. The molecule has 0 amide bonds. The Balaban J connectivity index is 2.21. The second kappa shape index (κ2) is 6.94. The predicted octanol–water partition coefficient (Wildman–Crippen LogP) is 4.10. The summed E-state index contributed by atoms with van der Waals surface area (Å²) in [7, 11) is 4.14. The molecule has 0 aliphatic heterocycles. The zero-order chi connectivity index (χ0) is 14.4. The van der Waals surface area contributed by atoms with Crippen LogP contribution in [0.1, 0.15) is 31.4 Å². The molecule has 0 saturated carbocycles. The van der Waals surface area contributed by atoms with Crippen molar-refractivity contribution in [2.24, 2.45) is 0 Å². The SMILES string of the molecule is CCC[C@H](Nc1ccccn1)c1cccc(N(C)C)c1. The molecular weight excluding hydrogens is 246 g/mol. The number of nitrogens with one attached hydrogen (secondary N) is 1. The Labute approximate surface area is 121 Å². The summed E-state index contributed by atoms with van der Waals surface area (Å²) in [5.74, 6) is 0.932. The molecule has 0 radical (unpaired) electrons. The molecule has 1 aromatic heterocycles. The highest BCUT2D eigenvalue weighted by molar-refractivity contribution is 5.49. The number of nitrogens with zero attached hydrogens (tertiary/aromatic N) is 2. The minimum absolute atomic E-state index is 0.301. The van der Waals surface area contributed by atoms with Gasteiger partial charge >= 0.3 is 0 Å². The lowest BCUT2D eigenvalue weighted by atomic mass is 10.0. The van der Waals surface area contributed by atoms with Gasteiger partial charge in [0.2, 0.25) is 0 Å². The van der Waals surface area contributed by atoms with Crippen molar-refractivity contribution in [1.29, 1.82) is 0 Å². The fraction of sp³-hybridized carbons (Fsp3) is 0.353. The fourth-order valence-corrected chi connectivity index (χ4v) is 2.26. The Kier molecular flexibility index (Phi) is 4.99. The number of benzene rings is 1. The van der Waals surface area contributed by atoms with Crippen molar-refractivity contribution in [3.8, 4) is 0 Å². The summed E-state index contributed by atoms with van der Waals surface area (Å²) in [6.45, 7) is 2.21. The molecule has 2 aromatic rings. The van der Waals surface area contributed by atoms with Crippen LogP contribution in [0.25, 0.3) is 0 Å². The molecule has 3 heteroatoms. The van der Waals surface area contributed by atoms with Gasteiger partial charge in [-0.3, -0.25) is 0 Å². The third-order valence-corrected chi connectivity index (χ3v) is 3.35. The third-order valence-electron chi connectivity index (χ3n) is 3.35. The summed E-state index contributed by atoms with van der Waals surface area (Å²) in [5, 5.41) is 3.53. The highest BCUT2D eigenvalue weighted by atomic mass is 15.1. The van der Waals surface area contributed by atoms with E-state index < -0.39 is 0 Å². The van der Waals surface area contributed by atoms with Crippen molar-refractivity contribution in [3.05, 3.63) is 54.2 Å². The van der Waals surface area contributed by atoms with Gasteiger partial charge in [-0.05, 0) is 36.2 Å². The van der Waals surface area contributed by atoms with Gasteiger partial charge in [0.05, 0.1) is 6.04 Å². The highest BCUT2D eigenvalue weighted by Gasteiger charge is 2.11. The first kappa shape index (κ1) is 14.4. The Hall–Kier alpha value is -2.03. The third kappa shape index (κ3) is 3.73. The van der Waals surface area contributed by atoms with Crippen LogP contribution in [0, 0.1) is 0 Å². The van der Waals surface area contributed by atoms with Crippen molar-refractivity contribution < 1.29 is 0 Å². The molecule has 0 aliphatic carbocycles. The van der Waals surface area contributed by atoms with E-state index >= 15 is 0 Å². The molecule has 3 nitrogen and oxygen atoms in total. The molecule has 106 valence electrons. The van der Waals surface area contributed by atoms with Crippen LogP contribution < -0.4 is 10.2 Å². The lowest BCUT2D eigenvalue weighted by Crippen LogP contribution is -2.13. The summed E-state index contributed by atoms with van der Waals surface area (Å²) in [4.78, 5) is 6.49. The van der Waals surface area contributed by atoms with E-state index in [0.717, 1.165) is 18.7 Å². The maximum atomic E-state index is 4.36.